The molecule has 6 nitrogen and oxygen atoms in total. The monoisotopic (exact) mass is 344 g/mol. The van der Waals surface area contributed by atoms with Gasteiger partial charge in [0.15, 0.2) is 0 Å². The van der Waals surface area contributed by atoms with Gasteiger partial charge in [-0.3, -0.25) is 14.2 Å². The number of benzene rings is 1. The largest absolute Gasteiger partial charge is 0.390 e. The van der Waals surface area contributed by atoms with E-state index in [1.165, 1.54) is 9.47 Å². The number of nitrogens with zero attached hydrogens (tertiary/aromatic N) is 2. The molecule has 1 saturated carbocycles. The number of pyridine rings is 1. The molecule has 1 aromatic carbocycles. The summed E-state index contributed by atoms with van der Waals surface area (Å²) in [5.74, 6) is -0.256. The van der Waals surface area contributed by atoms with E-state index in [9.17, 15) is 19.8 Å². The number of fused-ring (bicyclic) bond motifs is 1. The first-order chi connectivity index (χ1) is 11.8. The maximum Gasteiger partial charge on any atom is 0.251 e. The summed E-state index contributed by atoms with van der Waals surface area (Å²) >= 11 is 0. The number of para-hydroxylation sites is 1. The van der Waals surface area contributed by atoms with Crippen molar-refractivity contribution in [1.82, 2.24) is 9.47 Å². The molecule has 0 unspecified atom stereocenters. The highest BCUT2D eigenvalue weighted by Gasteiger charge is 2.37. The molecule has 1 amide bonds. The van der Waals surface area contributed by atoms with Crippen LogP contribution in [0.15, 0.2) is 29.1 Å². The van der Waals surface area contributed by atoms with Crippen molar-refractivity contribution in [3.05, 3.63) is 45.7 Å². The van der Waals surface area contributed by atoms with Crippen LogP contribution in [0.3, 0.4) is 0 Å². The lowest BCUT2D eigenvalue weighted by Crippen LogP contribution is -2.46. The van der Waals surface area contributed by atoms with E-state index >= 15 is 0 Å². The topological polar surface area (TPSA) is 82.8 Å². The summed E-state index contributed by atoms with van der Waals surface area (Å²) in [6.45, 7) is 3.72. The number of carbonyl (C=O) groups excluding carboxylic acids is 1. The highest BCUT2D eigenvalue weighted by molar-refractivity contribution is 5.87. The quantitative estimate of drug-likeness (QED) is 0.869. The summed E-state index contributed by atoms with van der Waals surface area (Å²) in [5.41, 5.74) is 2.37. The number of amides is 1. The Morgan fingerprint density at radius 2 is 1.96 bits per heavy atom. The van der Waals surface area contributed by atoms with Crippen LogP contribution in [0, 0.1) is 13.8 Å². The van der Waals surface area contributed by atoms with Crippen molar-refractivity contribution in [1.29, 1.82) is 0 Å². The van der Waals surface area contributed by atoms with Crippen LogP contribution < -0.4 is 5.56 Å². The summed E-state index contributed by atoms with van der Waals surface area (Å²) in [4.78, 5) is 26.7. The second-order valence-corrected chi connectivity index (χ2v) is 6.93. The molecule has 1 aliphatic rings. The van der Waals surface area contributed by atoms with Gasteiger partial charge in [0.25, 0.3) is 5.56 Å². The van der Waals surface area contributed by atoms with Gasteiger partial charge in [-0.1, -0.05) is 18.2 Å². The van der Waals surface area contributed by atoms with Crippen LogP contribution in [0.2, 0.25) is 0 Å². The Kier molecular flexibility index (Phi) is 4.67. The smallest absolute Gasteiger partial charge is 0.251 e. The number of likely N-dealkylation sites (N-methyl/N-ethyl adjacent to an activating group) is 1. The van der Waals surface area contributed by atoms with Gasteiger partial charge in [0.2, 0.25) is 5.91 Å². The number of hydrogen-bond donors (Lipinski definition) is 2. The fourth-order valence-corrected chi connectivity index (χ4v) is 3.74. The Balaban J connectivity index is 1.96. The van der Waals surface area contributed by atoms with Gasteiger partial charge in [-0.25, -0.2) is 0 Å². The zero-order chi connectivity index (χ0) is 18.3. The zero-order valence-corrected chi connectivity index (χ0v) is 14.8. The van der Waals surface area contributed by atoms with Crippen molar-refractivity contribution in [2.45, 2.75) is 51.5 Å². The summed E-state index contributed by atoms with van der Waals surface area (Å²) in [7, 11) is 1.61. The van der Waals surface area contributed by atoms with Gasteiger partial charge in [0, 0.05) is 18.5 Å². The lowest BCUT2D eigenvalue weighted by molar-refractivity contribution is -0.135. The first kappa shape index (κ1) is 17.6. The lowest BCUT2D eigenvalue weighted by atomic mass is 10.1. The van der Waals surface area contributed by atoms with Crippen molar-refractivity contribution >= 4 is 16.8 Å². The summed E-state index contributed by atoms with van der Waals surface area (Å²) in [6.07, 6.45) is -0.726. The fourth-order valence-electron chi connectivity index (χ4n) is 3.74. The van der Waals surface area contributed by atoms with Gasteiger partial charge < -0.3 is 15.1 Å². The fraction of sp³-hybridized carbons (Fsp3) is 0.474. The van der Waals surface area contributed by atoms with Gasteiger partial charge >= 0.3 is 0 Å². The van der Waals surface area contributed by atoms with Crippen LogP contribution in [0.1, 0.15) is 24.0 Å². The minimum atomic E-state index is -0.942. The summed E-state index contributed by atoms with van der Waals surface area (Å²) in [5, 5.41) is 20.7. The molecule has 0 saturated heterocycles. The third-order valence-corrected chi connectivity index (χ3v) is 5.27. The molecule has 0 radical (unpaired) electrons. The molecule has 0 bridgehead atoms. The Morgan fingerprint density at radius 3 is 2.60 bits per heavy atom. The summed E-state index contributed by atoms with van der Waals surface area (Å²) in [6, 6.07) is 6.92. The molecule has 3 atom stereocenters. The number of hydrogen-bond acceptors (Lipinski definition) is 4. The Bertz CT molecular complexity index is 874. The van der Waals surface area contributed by atoms with E-state index in [0.29, 0.717) is 12.8 Å². The number of aliphatic hydroxyl groups excluding tert-OH is 2. The molecule has 25 heavy (non-hydrogen) atoms. The molecule has 0 spiro atoms. The van der Waals surface area contributed by atoms with Crippen LogP contribution in [0.5, 0.6) is 0 Å². The molecule has 2 aromatic rings. The van der Waals surface area contributed by atoms with Crippen molar-refractivity contribution in [2.24, 2.45) is 0 Å². The second-order valence-electron chi connectivity index (χ2n) is 6.93. The maximum absolute atomic E-state index is 12.7. The molecule has 6 heteroatoms. The van der Waals surface area contributed by atoms with Gasteiger partial charge in [-0.05, 0) is 37.8 Å². The van der Waals surface area contributed by atoms with E-state index < -0.39 is 18.2 Å². The third-order valence-electron chi connectivity index (χ3n) is 5.27. The number of aromatic nitrogens is 1. The predicted molar refractivity (Wildman–Crippen MR) is 95.5 cm³/mol. The molecule has 1 heterocycles. The molecule has 1 fully saturated rings. The van der Waals surface area contributed by atoms with E-state index in [1.54, 1.807) is 13.1 Å². The number of rotatable bonds is 3. The average molecular weight is 344 g/mol. The molecular weight excluding hydrogens is 320 g/mol. The van der Waals surface area contributed by atoms with E-state index in [0.717, 1.165) is 22.0 Å². The van der Waals surface area contributed by atoms with Gasteiger partial charge in [-0.15, -0.1) is 0 Å². The lowest BCUT2D eigenvalue weighted by Gasteiger charge is -2.28. The number of aliphatic hydroxyl groups is 2. The van der Waals surface area contributed by atoms with Crippen LogP contribution in [-0.4, -0.2) is 50.9 Å². The van der Waals surface area contributed by atoms with Crippen molar-refractivity contribution in [3.63, 3.8) is 0 Å². The molecule has 0 aliphatic heterocycles. The van der Waals surface area contributed by atoms with Gasteiger partial charge in [0.1, 0.15) is 12.6 Å². The van der Waals surface area contributed by atoms with Crippen molar-refractivity contribution < 1.29 is 15.0 Å². The van der Waals surface area contributed by atoms with Crippen molar-refractivity contribution in [3.8, 4) is 0 Å². The highest BCUT2D eigenvalue weighted by Crippen LogP contribution is 2.25. The van der Waals surface area contributed by atoms with Crippen molar-refractivity contribution in [2.75, 3.05) is 7.05 Å². The molecular formula is C19H24N2O4. The number of carbonyl (C=O) groups is 1. The minimum absolute atomic E-state index is 0.0870. The average Bonchev–Trinajstić information content (AvgIpc) is 2.90. The maximum atomic E-state index is 12.7. The van der Waals surface area contributed by atoms with E-state index in [-0.39, 0.29) is 18.0 Å². The predicted octanol–water partition coefficient (Wildman–Crippen LogP) is 0.961. The van der Waals surface area contributed by atoms with E-state index in [2.05, 4.69) is 0 Å². The number of aryl methyl sites for hydroxylation is 2. The van der Waals surface area contributed by atoms with E-state index in [1.807, 2.05) is 32.0 Å². The van der Waals surface area contributed by atoms with Crippen LogP contribution >= 0.6 is 0 Å². The molecule has 1 aliphatic carbocycles. The zero-order valence-electron chi connectivity index (χ0n) is 14.8. The van der Waals surface area contributed by atoms with Crippen LogP contribution in [0.4, 0.5) is 0 Å². The van der Waals surface area contributed by atoms with E-state index in [4.69, 9.17) is 0 Å². The Morgan fingerprint density at radius 1 is 1.24 bits per heavy atom. The van der Waals surface area contributed by atoms with Crippen LogP contribution in [-0.2, 0) is 11.3 Å². The van der Waals surface area contributed by atoms with Gasteiger partial charge in [0.05, 0.1) is 17.7 Å². The molecule has 1 aromatic heterocycles. The molecule has 134 valence electrons. The SMILES string of the molecule is Cc1cc(=O)n(CC(=O)N(C)[C@@H]2CC[C@@H](O)[C@@H]2O)c2c(C)cccc12. The highest BCUT2D eigenvalue weighted by atomic mass is 16.3. The normalized spacial score (nSPS) is 23.2. The first-order valence-corrected chi connectivity index (χ1v) is 8.53. The second kappa shape index (κ2) is 6.61. The minimum Gasteiger partial charge on any atom is -0.390 e. The summed E-state index contributed by atoms with van der Waals surface area (Å²) < 4.78 is 1.49. The Labute approximate surface area is 146 Å². The standard InChI is InChI=1S/C19H24N2O4/c1-11-5-4-6-13-12(2)9-16(23)21(18(11)13)10-17(24)20(3)14-7-8-15(22)19(14)25/h4-6,9,14-15,19,22,25H,7-8,10H2,1-3H3/t14-,15-,19-/m1/s1. The molecule has 2 N–H and O–H groups in total. The van der Waals surface area contributed by atoms with Gasteiger partial charge in [-0.2, -0.15) is 0 Å². The first-order valence-electron chi connectivity index (χ1n) is 8.53. The third kappa shape index (κ3) is 3.07. The van der Waals surface area contributed by atoms with Crippen LogP contribution in [0.25, 0.3) is 10.9 Å². The molecule has 3 rings (SSSR count). The Hall–Kier alpha value is -2.18.